The van der Waals surface area contributed by atoms with Crippen molar-refractivity contribution < 1.29 is 19.8 Å². The quantitative estimate of drug-likeness (QED) is 0.618. The van der Waals surface area contributed by atoms with Gasteiger partial charge in [0.2, 0.25) is 0 Å². The van der Waals surface area contributed by atoms with Crippen LogP contribution in [0.1, 0.15) is 92.9 Å². The Labute approximate surface area is 194 Å². The second-order valence-corrected chi connectivity index (χ2v) is 12.9. The van der Waals surface area contributed by atoms with Crippen LogP contribution < -0.4 is 0 Å². The molecule has 0 aromatic carbocycles. The molecule has 4 aliphatic carbocycles. The van der Waals surface area contributed by atoms with Gasteiger partial charge in [0.25, 0.3) is 0 Å². The van der Waals surface area contributed by atoms with Crippen LogP contribution >= 0.6 is 0 Å². The second kappa shape index (κ2) is 8.05. The Balaban J connectivity index is 1.63. The van der Waals surface area contributed by atoms with Crippen molar-refractivity contribution in [2.24, 2.45) is 46.3 Å². The van der Waals surface area contributed by atoms with E-state index in [1.807, 2.05) is 13.0 Å². The van der Waals surface area contributed by atoms with E-state index in [1.54, 1.807) is 0 Å². The first kappa shape index (κ1) is 24.1. The molecule has 0 spiro atoms. The highest BCUT2D eigenvalue weighted by Gasteiger charge is 2.65. The molecule has 4 nitrogen and oxygen atoms in total. The zero-order valence-electron chi connectivity index (χ0n) is 21.0. The first-order valence-electron chi connectivity index (χ1n) is 13.0. The lowest BCUT2D eigenvalue weighted by Crippen LogP contribution is -2.55. The second-order valence-electron chi connectivity index (χ2n) is 12.9. The zero-order valence-corrected chi connectivity index (χ0v) is 21.0. The number of hydrogen-bond donors (Lipinski definition) is 2. The number of ketones is 2. The van der Waals surface area contributed by atoms with Crippen LogP contribution in [0.25, 0.3) is 0 Å². The summed E-state index contributed by atoms with van der Waals surface area (Å²) in [6.07, 6.45) is 7.59. The number of Topliss-reactive ketones (excluding diaryl/α,β-unsaturated/α-hetero) is 1. The molecule has 2 N–H and O–H groups in total. The van der Waals surface area contributed by atoms with Crippen LogP contribution in [-0.4, -0.2) is 33.5 Å². The van der Waals surface area contributed by atoms with Gasteiger partial charge in [-0.15, -0.1) is 0 Å². The summed E-state index contributed by atoms with van der Waals surface area (Å²) in [6.45, 7) is 13.0. The van der Waals surface area contributed by atoms with Crippen LogP contribution in [0.5, 0.6) is 0 Å². The van der Waals surface area contributed by atoms with Crippen LogP contribution in [0.2, 0.25) is 0 Å². The molecule has 0 amide bonds. The van der Waals surface area contributed by atoms with Gasteiger partial charge >= 0.3 is 0 Å². The molecule has 0 unspecified atom stereocenters. The van der Waals surface area contributed by atoms with Crippen molar-refractivity contribution in [1.82, 2.24) is 0 Å². The minimum atomic E-state index is -1.03. The molecule has 3 fully saturated rings. The average molecular weight is 445 g/mol. The van der Waals surface area contributed by atoms with Crippen LogP contribution in [0, 0.1) is 46.3 Å². The molecule has 32 heavy (non-hydrogen) atoms. The summed E-state index contributed by atoms with van der Waals surface area (Å²) in [5.74, 6) is 1.12. The number of allylic oxidation sites excluding steroid dienone is 1. The SMILES string of the molecule is CC(C)[C@H](C)CC[C@](C)(O)[C@H]1C(=O)C[C@H]2[C@@H]3C(=O)C=C4C[C@@H](O)CC[C@]4(C)[C@H]3CC[C@@]21C. The van der Waals surface area contributed by atoms with Crippen molar-refractivity contribution in [3.63, 3.8) is 0 Å². The van der Waals surface area contributed by atoms with E-state index in [9.17, 15) is 19.8 Å². The summed E-state index contributed by atoms with van der Waals surface area (Å²) >= 11 is 0. The molecule has 180 valence electrons. The lowest BCUT2D eigenvalue weighted by Gasteiger charge is -2.57. The third-order valence-electron chi connectivity index (χ3n) is 10.6. The van der Waals surface area contributed by atoms with E-state index in [-0.39, 0.29) is 52.2 Å². The normalized spacial score (nSPS) is 44.4. The van der Waals surface area contributed by atoms with Crippen LogP contribution in [0.4, 0.5) is 0 Å². The molecule has 0 aliphatic heterocycles. The predicted octanol–water partition coefficient (Wildman–Crippen LogP) is 5.11. The Morgan fingerprint density at radius 2 is 1.78 bits per heavy atom. The Kier molecular flexibility index (Phi) is 6.07. The molecule has 4 rings (SSSR count). The third kappa shape index (κ3) is 3.64. The largest absolute Gasteiger partial charge is 0.393 e. The van der Waals surface area contributed by atoms with Crippen molar-refractivity contribution in [1.29, 1.82) is 0 Å². The van der Waals surface area contributed by atoms with Gasteiger partial charge in [0.15, 0.2) is 5.78 Å². The summed E-state index contributed by atoms with van der Waals surface area (Å²) in [5, 5.41) is 21.8. The maximum atomic E-state index is 13.4. The van der Waals surface area contributed by atoms with Crippen LogP contribution in [0.3, 0.4) is 0 Å². The number of carbonyl (C=O) groups is 2. The zero-order chi connectivity index (χ0) is 23.6. The van der Waals surface area contributed by atoms with E-state index >= 15 is 0 Å². The van der Waals surface area contributed by atoms with Crippen molar-refractivity contribution in [2.75, 3.05) is 0 Å². The monoisotopic (exact) mass is 444 g/mol. The standard InChI is InChI=1S/C28H44O4/c1-16(2)17(3)7-12-28(6,32)25-23(31)15-21-24-20(9-11-27(21,25)5)26(4)10-8-19(29)13-18(26)14-22(24)30/h14,16-17,19-21,24-25,29,32H,7-13,15H2,1-6H3/t17-,19+,20+,21+,24-,25+,26+,27+,28+/m1/s1. The maximum Gasteiger partial charge on any atom is 0.159 e. The lowest BCUT2D eigenvalue weighted by atomic mass is 9.46. The van der Waals surface area contributed by atoms with Crippen molar-refractivity contribution in [2.45, 2.75) is 105 Å². The molecule has 0 saturated heterocycles. The fraction of sp³-hybridized carbons (Fsp3) is 0.857. The summed E-state index contributed by atoms with van der Waals surface area (Å²) in [4.78, 5) is 26.9. The molecule has 0 radical (unpaired) electrons. The molecule has 0 heterocycles. The van der Waals surface area contributed by atoms with Gasteiger partial charge in [0.05, 0.1) is 17.6 Å². The first-order chi connectivity index (χ1) is 14.8. The lowest BCUT2D eigenvalue weighted by molar-refractivity contribution is -0.146. The van der Waals surface area contributed by atoms with E-state index in [0.717, 1.165) is 37.7 Å². The van der Waals surface area contributed by atoms with Gasteiger partial charge in [0, 0.05) is 12.3 Å². The molecule has 0 bridgehead atoms. The number of hydrogen-bond acceptors (Lipinski definition) is 4. The third-order valence-corrected chi connectivity index (χ3v) is 10.6. The van der Waals surface area contributed by atoms with Crippen LogP contribution in [0.15, 0.2) is 11.6 Å². The smallest absolute Gasteiger partial charge is 0.159 e. The molecular weight excluding hydrogens is 400 g/mol. The number of aliphatic hydroxyl groups is 2. The Morgan fingerprint density at radius 1 is 1.09 bits per heavy atom. The Hall–Kier alpha value is -1.00. The van der Waals surface area contributed by atoms with Gasteiger partial charge in [-0.25, -0.2) is 0 Å². The number of aliphatic hydroxyl groups excluding tert-OH is 1. The van der Waals surface area contributed by atoms with Gasteiger partial charge in [-0.05, 0) is 92.4 Å². The highest BCUT2D eigenvalue weighted by atomic mass is 16.3. The van der Waals surface area contributed by atoms with Gasteiger partial charge in [-0.1, -0.05) is 40.2 Å². The molecule has 0 aromatic heterocycles. The minimum Gasteiger partial charge on any atom is -0.393 e. The summed E-state index contributed by atoms with van der Waals surface area (Å²) < 4.78 is 0. The van der Waals surface area contributed by atoms with Crippen molar-refractivity contribution in [3.8, 4) is 0 Å². The molecule has 4 aliphatic rings. The fourth-order valence-corrected chi connectivity index (χ4v) is 8.24. The minimum absolute atomic E-state index is 0.0155. The van der Waals surface area contributed by atoms with E-state index in [2.05, 4.69) is 34.6 Å². The first-order valence-corrected chi connectivity index (χ1v) is 13.0. The molecule has 9 atom stereocenters. The summed E-state index contributed by atoms with van der Waals surface area (Å²) in [5.41, 5.74) is -0.278. The van der Waals surface area contributed by atoms with E-state index < -0.39 is 5.60 Å². The number of fused-ring (bicyclic) bond motifs is 5. The van der Waals surface area contributed by atoms with Gasteiger partial charge in [-0.3, -0.25) is 9.59 Å². The molecule has 0 aromatic rings. The van der Waals surface area contributed by atoms with E-state index in [4.69, 9.17) is 0 Å². The Bertz CT molecular complexity index is 810. The molecule has 4 heteroatoms. The van der Waals surface area contributed by atoms with Gasteiger partial charge < -0.3 is 10.2 Å². The van der Waals surface area contributed by atoms with Crippen molar-refractivity contribution in [3.05, 3.63) is 11.6 Å². The van der Waals surface area contributed by atoms with Crippen molar-refractivity contribution >= 4 is 11.6 Å². The maximum absolute atomic E-state index is 13.4. The molecule has 3 saturated carbocycles. The van der Waals surface area contributed by atoms with Gasteiger partial charge in [0.1, 0.15) is 5.78 Å². The predicted molar refractivity (Wildman–Crippen MR) is 126 cm³/mol. The fourth-order valence-electron chi connectivity index (χ4n) is 8.24. The number of rotatable bonds is 5. The topological polar surface area (TPSA) is 74.6 Å². The Morgan fingerprint density at radius 3 is 2.44 bits per heavy atom. The number of carbonyl (C=O) groups excluding carboxylic acids is 2. The van der Waals surface area contributed by atoms with Crippen LogP contribution in [-0.2, 0) is 9.59 Å². The summed E-state index contributed by atoms with van der Waals surface area (Å²) in [6, 6.07) is 0. The van der Waals surface area contributed by atoms with Gasteiger partial charge in [-0.2, -0.15) is 0 Å². The average Bonchev–Trinajstić information content (AvgIpc) is 2.98. The summed E-state index contributed by atoms with van der Waals surface area (Å²) in [7, 11) is 0. The highest BCUT2D eigenvalue weighted by molar-refractivity contribution is 5.96. The van der Waals surface area contributed by atoms with E-state index in [1.165, 1.54) is 0 Å². The highest BCUT2D eigenvalue weighted by Crippen LogP contribution is 2.66. The molecular formula is C28H44O4. The van der Waals surface area contributed by atoms with E-state index in [0.29, 0.717) is 31.1 Å².